The van der Waals surface area contributed by atoms with Crippen LogP contribution in [0.4, 0.5) is 5.82 Å². The van der Waals surface area contributed by atoms with Gasteiger partial charge in [0.25, 0.3) is 5.56 Å². The van der Waals surface area contributed by atoms with Gasteiger partial charge in [0, 0.05) is 27.2 Å². The van der Waals surface area contributed by atoms with Gasteiger partial charge in [0.05, 0.1) is 12.6 Å². The van der Waals surface area contributed by atoms with Gasteiger partial charge in [0.15, 0.2) is 22.6 Å². The number of hydrogen-bond acceptors (Lipinski definition) is 7. The molecule has 0 fully saturated rings. The summed E-state index contributed by atoms with van der Waals surface area (Å²) in [6.45, 7) is 0.539. The van der Waals surface area contributed by atoms with E-state index in [-0.39, 0.29) is 24.2 Å². The Bertz CT molecular complexity index is 1300. The number of fused-ring (bicyclic) bond motifs is 2. The second-order valence-corrected chi connectivity index (χ2v) is 5.97. The van der Waals surface area contributed by atoms with E-state index in [0.29, 0.717) is 35.3 Å². The number of nitrogens with zero attached hydrogens (tertiary/aromatic N) is 8. The molecule has 0 aromatic carbocycles. The average Bonchev–Trinajstić information content (AvgIpc) is 3.17. The number of nitrogen functional groups attached to an aromatic ring is 1. The summed E-state index contributed by atoms with van der Waals surface area (Å²) in [5, 5.41) is 0. The fourth-order valence-electron chi connectivity index (χ4n) is 2.98. The third kappa shape index (κ3) is 2.28. The van der Waals surface area contributed by atoms with Gasteiger partial charge in [0.2, 0.25) is 0 Å². The first-order chi connectivity index (χ1) is 12.9. The fraction of sp³-hybridized carbons (Fsp3) is 0.333. The van der Waals surface area contributed by atoms with Crippen LogP contribution in [0.15, 0.2) is 28.5 Å². The monoisotopic (exact) mass is 356 g/mol. The Hall–Kier alpha value is -3.50. The summed E-state index contributed by atoms with van der Waals surface area (Å²) in [4.78, 5) is 41.4. The minimum Gasteiger partial charge on any atom is -0.382 e. The minimum absolute atomic E-state index is 0.000430. The molecule has 134 valence electrons. The normalized spacial score (nSPS) is 12.2. The SMILES string of the molecule is [2H]c1nc2c(N)ncnc2n1CCCn1c(=O)c2c(ncn2C)n(C)c1=O. The molecule has 0 saturated carbocycles. The van der Waals surface area contributed by atoms with Crippen LogP contribution in [-0.4, -0.2) is 38.2 Å². The van der Waals surface area contributed by atoms with Gasteiger partial charge in [-0.15, -0.1) is 0 Å². The molecule has 2 N–H and O–H groups in total. The fourth-order valence-corrected chi connectivity index (χ4v) is 2.98. The maximum atomic E-state index is 12.7. The maximum Gasteiger partial charge on any atom is 0.332 e. The lowest BCUT2D eigenvalue weighted by atomic mass is 10.4. The van der Waals surface area contributed by atoms with Crippen LogP contribution in [0.1, 0.15) is 7.79 Å². The van der Waals surface area contributed by atoms with E-state index in [1.54, 1.807) is 23.2 Å². The van der Waals surface area contributed by atoms with Crippen molar-refractivity contribution in [1.29, 1.82) is 0 Å². The molecule has 4 heterocycles. The number of aromatic nitrogens is 8. The molecular formula is C15H17N9O2. The molecule has 0 unspecified atom stereocenters. The van der Waals surface area contributed by atoms with Gasteiger partial charge in [-0.3, -0.25) is 13.9 Å². The van der Waals surface area contributed by atoms with Crippen LogP contribution in [0, 0.1) is 0 Å². The minimum atomic E-state index is -0.431. The smallest absolute Gasteiger partial charge is 0.332 e. The predicted molar refractivity (Wildman–Crippen MR) is 94.6 cm³/mol. The van der Waals surface area contributed by atoms with Crippen LogP contribution in [0.3, 0.4) is 0 Å². The van der Waals surface area contributed by atoms with Gasteiger partial charge in [0.1, 0.15) is 13.2 Å². The molecule has 4 rings (SSSR count). The first-order valence-electron chi connectivity index (χ1n) is 8.44. The number of nitrogens with two attached hydrogens (primary N) is 1. The lowest BCUT2D eigenvalue weighted by molar-refractivity contribution is 0.529. The molecule has 4 aromatic heterocycles. The van der Waals surface area contributed by atoms with Crippen molar-refractivity contribution in [3.05, 3.63) is 39.8 Å². The van der Waals surface area contributed by atoms with Crippen molar-refractivity contribution >= 4 is 28.1 Å². The van der Waals surface area contributed by atoms with Gasteiger partial charge in [-0.25, -0.2) is 24.7 Å². The van der Waals surface area contributed by atoms with E-state index in [4.69, 9.17) is 7.10 Å². The second-order valence-electron chi connectivity index (χ2n) is 5.97. The topological polar surface area (TPSA) is 131 Å². The molecule has 11 nitrogen and oxygen atoms in total. The Balaban J connectivity index is 1.67. The van der Waals surface area contributed by atoms with Crippen LogP contribution in [-0.2, 0) is 27.2 Å². The highest BCUT2D eigenvalue weighted by Gasteiger charge is 2.15. The van der Waals surface area contributed by atoms with Crippen LogP contribution in [0.25, 0.3) is 22.3 Å². The van der Waals surface area contributed by atoms with Gasteiger partial charge in [-0.1, -0.05) is 0 Å². The predicted octanol–water partition coefficient (Wildman–Crippen LogP) is -0.754. The molecule has 4 aromatic rings. The summed E-state index contributed by atoms with van der Waals surface area (Å²) in [7, 11) is 3.29. The summed E-state index contributed by atoms with van der Waals surface area (Å²) in [5.74, 6) is 0.207. The molecule has 0 saturated heterocycles. The molecule has 0 radical (unpaired) electrons. The molecule has 0 aliphatic carbocycles. The summed E-state index contributed by atoms with van der Waals surface area (Å²) < 4.78 is 13.7. The van der Waals surface area contributed by atoms with Crippen molar-refractivity contribution < 1.29 is 1.37 Å². The van der Waals surface area contributed by atoms with Crippen LogP contribution in [0.2, 0.25) is 0 Å². The number of hydrogen-bond donors (Lipinski definition) is 1. The summed E-state index contributed by atoms with van der Waals surface area (Å²) >= 11 is 0. The van der Waals surface area contributed by atoms with Gasteiger partial charge < -0.3 is 14.9 Å². The molecule has 26 heavy (non-hydrogen) atoms. The number of imidazole rings is 2. The maximum absolute atomic E-state index is 12.7. The number of anilines is 1. The van der Waals surface area contributed by atoms with E-state index in [2.05, 4.69) is 19.9 Å². The van der Waals surface area contributed by atoms with E-state index >= 15 is 0 Å². The highest BCUT2D eigenvalue weighted by Crippen LogP contribution is 2.14. The average molecular weight is 356 g/mol. The third-order valence-electron chi connectivity index (χ3n) is 4.33. The zero-order valence-electron chi connectivity index (χ0n) is 15.2. The Morgan fingerprint density at radius 2 is 1.92 bits per heavy atom. The lowest BCUT2D eigenvalue weighted by Crippen LogP contribution is -2.39. The highest BCUT2D eigenvalue weighted by atomic mass is 16.2. The molecule has 0 aliphatic heterocycles. The van der Waals surface area contributed by atoms with E-state index in [9.17, 15) is 9.59 Å². The first-order valence-corrected chi connectivity index (χ1v) is 7.94. The van der Waals surface area contributed by atoms with Gasteiger partial charge >= 0.3 is 5.69 Å². The number of rotatable bonds is 4. The van der Waals surface area contributed by atoms with E-state index in [0.717, 1.165) is 0 Å². The first kappa shape index (κ1) is 14.8. The summed E-state index contributed by atoms with van der Waals surface area (Å²) in [6, 6.07) is 0. The molecule has 0 bridgehead atoms. The van der Waals surface area contributed by atoms with E-state index in [1.807, 2.05) is 0 Å². The zero-order valence-corrected chi connectivity index (χ0v) is 14.2. The highest BCUT2D eigenvalue weighted by molar-refractivity contribution is 5.81. The Labute approximate surface area is 147 Å². The van der Waals surface area contributed by atoms with Crippen molar-refractivity contribution in [2.24, 2.45) is 14.1 Å². The summed E-state index contributed by atoms with van der Waals surface area (Å²) in [5.41, 5.74) is 6.48. The van der Waals surface area contributed by atoms with E-state index in [1.165, 1.54) is 21.8 Å². The Kier molecular flexibility index (Phi) is 3.30. The molecule has 0 aliphatic rings. The third-order valence-corrected chi connectivity index (χ3v) is 4.33. The van der Waals surface area contributed by atoms with Crippen molar-refractivity contribution in [2.45, 2.75) is 19.5 Å². The van der Waals surface area contributed by atoms with Crippen LogP contribution in [0.5, 0.6) is 0 Å². The largest absolute Gasteiger partial charge is 0.382 e. The van der Waals surface area contributed by atoms with Crippen molar-refractivity contribution in [3.63, 3.8) is 0 Å². The van der Waals surface area contributed by atoms with Crippen molar-refractivity contribution in [3.8, 4) is 0 Å². The quantitative estimate of drug-likeness (QED) is 0.508. The van der Waals surface area contributed by atoms with Gasteiger partial charge in [-0.2, -0.15) is 0 Å². The summed E-state index contributed by atoms with van der Waals surface area (Å²) in [6.07, 6.45) is 3.25. The van der Waals surface area contributed by atoms with Gasteiger partial charge in [-0.05, 0) is 6.42 Å². The zero-order chi connectivity index (χ0) is 19.3. The Morgan fingerprint density at radius 1 is 1.12 bits per heavy atom. The van der Waals surface area contributed by atoms with Crippen LogP contribution >= 0.6 is 0 Å². The molecule has 0 spiro atoms. The molecule has 0 amide bonds. The standard InChI is InChI=1S/C15H17N9O2/c1-21-7-20-13-10(21)14(25)24(15(26)22(13)2)5-3-4-23-8-19-9-11(16)17-6-18-12(9)23/h6-8H,3-5H2,1-2H3,(H2,16,17,18)/i8D. The van der Waals surface area contributed by atoms with Crippen LogP contribution < -0.4 is 17.0 Å². The van der Waals surface area contributed by atoms with Crippen molar-refractivity contribution in [2.75, 3.05) is 5.73 Å². The van der Waals surface area contributed by atoms with Crippen molar-refractivity contribution in [1.82, 2.24) is 38.2 Å². The molecular weight excluding hydrogens is 338 g/mol. The number of aryl methyl sites for hydroxylation is 3. The lowest BCUT2D eigenvalue weighted by Gasteiger charge is -2.09. The van der Waals surface area contributed by atoms with E-state index < -0.39 is 5.69 Å². The molecule has 0 atom stereocenters. The second kappa shape index (κ2) is 5.79. The molecule has 11 heteroatoms. The Morgan fingerprint density at radius 3 is 2.73 bits per heavy atom.